The van der Waals surface area contributed by atoms with E-state index in [-0.39, 0.29) is 6.61 Å². The molecule has 0 bridgehead atoms. The highest BCUT2D eigenvalue weighted by Crippen LogP contribution is 2.18. The summed E-state index contributed by atoms with van der Waals surface area (Å²) in [5.74, 6) is 1.92. The maximum Gasteiger partial charge on any atom is 0.226 e. The number of pyridine rings is 1. The minimum atomic E-state index is 0.281. The zero-order valence-corrected chi connectivity index (χ0v) is 13.0. The van der Waals surface area contributed by atoms with E-state index in [1.807, 2.05) is 26.0 Å². The van der Waals surface area contributed by atoms with Crippen LogP contribution < -0.4 is 10.1 Å². The molecule has 0 aliphatic rings. The highest BCUT2D eigenvalue weighted by Gasteiger charge is 2.10. The zero-order valence-electron chi connectivity index (χ0n) is 13.0. The fraction of sp³-hybridized carbons (Fsp3) is 0.533. The summed E-state index contributed by atoms with van der Waals surface area (Å²) >= 11 is 0. The molecule has 0 aliphatic carbocycles. The topological polar surface area (TPSA) is 73.1 Å². The van der Waals surface area contributed by atoms with Gasteiger partial charge in [0.05, 0.1) is 5.69 Å². The van der Waals surface area contributed by atoms with Gasteiger partial charge in [-0.15, -0.1) is 0 Å². The maximum absolute atomic E-state index is 5.78. The summed E-state index contributed by atoms with van der Waals surface area (Å²) < 4.78 is 10.8. The van der Waals surface area contributed by atoms with Crippen molar-refractivity contribution >= 4 is 0 Å². The third-order valence-corrected chi connectivity index (χ3v) is 2.92. The molecule has 2 heterocycles. The van der Waals surface area contributed by atoms with Crippen LogP contribution >= 0.6 is 0 Å². The molecule has 0 spiro atoms. The molecule has 6 nitrogen and oxygen atoms in total. The first kappa shape index (κ1) is 15.4. The van der Waals surface area contributed by atoms with Crippen molar-refractivity contribution in [1.82, 2.24) is 20.4 Å². The van der Waals surface area contributed by atoms with Crippen LogP contribution in [-0.2, 0) is 19.6 Å². The molecule has 0 atom stereocenters. The second-order valence-electron chi connectivity index (χ2n) is 5.18. The number of ether oxygens (including phenoxy) is 1. The molecule has 2 aromatic heterocycles. The third kappa shape index (κ3) is 4.53. The summed E-state index contributed by atoms with van der Waals surface area (Å²) in [6.45, 7) is 9.08. The Morgan fingerprint density at radius 2 is 2.10 bits per heavy atom. The first-order valence-electron chi connectivity index (χ1n) is 7.22. The molecule has 0 aliphatic heterocycles. The van der Waals surface area contributed by atoms with Gasteiger partial charge in [-0.25, -0.2) is 0 Å². The van der Waals surface area contributed by atoms with Gasteiger partial charge in [-0.05, 0) is 19.1 Å². The van der Waals surface area contributed by atoms with E-state index in [1.54, 1.807) is 0 Å². The van der Waals surface area contributed by atoms with Crippen LogP contribution in [0.2, 0.25) is 0 Å². The Bertz CT molecular complexity index is 581. The Hall–Kier alpha value is -1.95. The largest absolute Gasteiger partial charge is 0.484 e. The quantitative estimate of drug-likeness (QED) is 0.844. The number of hydrogen-bond donors (Lipinski definition) is 1. The smallest absolute Gasteiger partial charge is 0.226 e. The lowest BCUT2D eigenvalue weighted by molar-refractivity contribution is 0.280. The van der Waals surface area contributed by atoms with Gasteiger partial charge in [-0.1, -0.05) is 25.9 Å². The first-order chi connectivity index (χ1) is 10.1. The molecule has 21 heavy (non-hydrogen) atoms. The molecule has 0 fully saturated rings. The van der Waals surface area contributed by atoms with Gasteiger partial charge in [0, 0.05) is 24.7 Å². The summed E-state index contributed by atoms with van der Waals surface area (Å²) in [5, 5.41) is 7.22. The van der Waals surface area contributed by atoms with Crippen LogP contribution in [0, 0.1) is 6.92 Å². The van der Waals surface area contributed by atoms with Gasteiger partial charge in [0.1, 0.15) is 5.75 Å². The molecule has 1 N–H and O–H groups in total. The molecular formula is C15H22N4O2. The number of nitrogens with zero attached hydrogens (tertiary/aromatic N) is 3. The maximum atomic E-state index is 5.78. The van der Waals surface area contributed by atoms with E-state index in [0.29, 0.717) is 24.3 Å². The van der Waals surface area contributed by atoms with Gasteiger partial charge in [0.2, 0.25) is 11.7 Å². The molecule has 114 valence electrons. The minimum Gasteiger partial charge on any atom is -0.484 e. The van der Waals surface area contributed by atoms with Crippen molar-refractivity contribution in [3.8, 4) is 5.75 Å². The molecule has 6 heteroatoms. The molecule has 2 aromatic rings. The average molecular weight is 290 g/mol. The molecule has 0 saturated heterocycles. The third-order valence-electron chi connectivity index (χ3n) is 2.92. The fourth-order valence-electron chi connectivity index (χ4n) is 1.79. The van der Waals surface area contributed by atoms with Crippen LogP contribution in [0.5, 0.6) is 5.75 Å². The highest BCUT2D eigenvalue weighted by molar-refractivity contribution is 5.29. The Morgan fingerprint density at radius 3 is 2.76 bits per heavy atom. The summed E-state index contributed by atoms with van der Waals surface area (Å²) in [4.78, 5) is 8.75. The Labute approximate surface area is 124 Å². The number of aryl methyl sites for hydroxylation is 2. The van der Waals surface area contributed by atoms with Crippen molar-refractivity contribution in [3.63, 3.8) is 0 Å². The Balaban J connectivity index is 2.04. The predicted molar refractivity (Wildman–Crippen MR) is 79.0 cm³/mol. The Kier molecular flexibility index (Phi) is 5.27. The summed E-state index contributed by atoms with van der Waals surface area (Å²) in [6, 6.07) is 4.26. The van der Waals surface area contributed by atoms with E-state index in [1.165, 1.54) is 0 Å². The van der Waals surface area contributed by atoms with Gasteiger partial charge < -0.3 is 14.6 Å². The van der Waals surface area contributed by atoms with Crippen LogP contribution in [0.15, 0.2) is 16.7 Å². The van der Waals surface area contributed by atoms with E-state index in [0.717, 1.165) is 23.6 Å². The molecular weight excluding hydrogens is 268 g/mol. The van der Waals surface area contributed by atoms with Gasteiger partial charge in [-0.2, -0.15) is 4.98 Å². The summed E-state index contributed by atoms with van der Waals surface area (Å²) in [6.07, 6.45) is 0.725. The lowest BCUT2D eigenvalue weighted by atomic mass is 10.2. The monoisotopic (exact) mass is 290 g/mol. The van der Waals surface area contributed by atoms with Crippen molar-refractivity contribution in [3.05, 3.63) is 35.2 Å². The number of rotatable bonds is 7. The molecule has 0 unspecified atom stereocenters. The normalized spacial score (nSPS) is 11.1. The number of nitrogens with one attached hydrogen (secondary N) is 1. The van der Waals surface area contributed by atoms with E-state index < -0.39 is 0 Å². The molecule has 0 radical (unpaired) electrons. The standard InChI is InChI=1S/C15H22N4O2/c1-5-15-18-14(19-21-15)9-20-13-7-6-11(4)17-12(13)8-16-10(2)3/h6-7,10,16H,5,8-9H2,1-4H3. The van der Waals surface area contributed by atoms with Crippen molar-refractivity contribution in [1.29, 1.82) is 0 Å². The fourth-order valence-corrected chi connectivity index (χ4v) is 1.79. The van der Waals surface area contributed by atoms with Crippen molar-refractivity contribution in [2.24, 2.45) is 0 Å². The van der Waals surface area contributed by atoms with Gasteiger partial charge in [0.25, 0.3) is 0 Å². The van der Waals surface area contributed by atoms with Crippen LogP contribution in [0.1, 0.15) is 43.9 Å². The van der Waals surface area contributed by atoms with Crippen LogP contribution in [-0.4, -0.2) is 21.2 Å². The summed E-state index contributed by atoms with van der Waals surface area (Å²) in [7, 11) is 0. The second kappa shape index (κ2) is 7.17. The van der Waals surface area contributed by atoms with Gasteiger partial charge >= 0.3 is 0 Å². The van der Waals surface area contributed by atoms with E-state index >= 15 is 0 Å². The lowest BCUT2D eigenvalue weighted by Gasteiger charge is -2.12. The van der Waals surface area contributed by atoms with Crippen molar-refractivity contribution < 1.29 is 9.26 Å². The van der Waals surface area contributed by atoms with E-state index in [9.17, 15) is 0 Å². The van der Waals surface area contributed by atoms with Gasteiger partial charge in [-0.3, -0.25) is 4.98 Å². The Morgan fingerprint density at radius 1 is 1.29 bits per heavy atom. The predicted octanol–water partition coefficient (Wildman–Crippen LogP) is 2.41. The SMILES string of the molecule is CCc1nc(COc2ccc(C)nc2CNC(C)C)no1. The van der Waals surface area contributed by atoms with Crippen LogP contribution in [0.3, 0.4) is 0 Å². The molecule has 0 saturated carbocycles. The average Bonchev–Trinajstić information content (AvgIpc) is 2.92. The lowest BCUT2D eigenvalue weighted by Crippen LogP contribution is -2.23. The molecule has 2 rings (SSSR count). The number of aromatic nitrogens is 3. The van der Waals surface area contributed by atoms with E-state index in [2.05, 4.69) is 34.3 Å². The highest BCUT2D eigenvalue weighted by atomic mass is 16.5. The van der Waals surface area contributed by atoms with E-state index in [4.69, 9.17) is 9.26 Å². The first-order valence-corrected chi connectivity index (χ1v) is 7.22. The zero-order chi connectivity index (χ0) is 15.2. The number of hydrogen-bond acceptors (Lipinski definition) is 6. The van der Waals surface area contributed by atoms with Gasteiger partial charge in [0.15, 0.2) is 6.61 Å². The minimum absolute atomic E-state index is 0.281. The summed E-state index contributed by atoms with van der Waals surface area (Å²) in [5.41, 5.74) is 1.86. The van der Waals surface area contributed by atoms with Crippen LogP contribution in [0.4, 0.5) is 0 Å². The van der Waals surface area contributed by atoms with Crippen LogP contribution in [0.25, 0.3) is 0 Å². The van der Waals surface area contributed by atoms with Crippen molar-refractivity contribution in [2.75, 3.05) is 0 Å². The molecule has 0 amide bonds. The second-order valence-corrected chi connectivity index (χ2v) is 5.18. The molecule has 0 aromatic carbocycles. The van der Waals surface area contributed by atoms with Crippen molar-refractivity contribution in [2.45, 2.75) is 53.3 Å².